The van der Waals surface area contributed by atoms with Crippen LogP contribution in [0.15, 0.2) is 12.3 Å². The predicted molar refractivity (Wildman–Crippen MR) is 59.0 cm³/mol. The number of aliphatic carboxylic acids is 1. The molecule has 0 saturated heterocycles. The van der Waals surface area contributed by atoms with Crippen LogP contribution in [0.5, 0.6) is 0 Å². The topological polar surface area (TPSA) is 81.1 Å². The van der Waals surface area contributed by atoms with Crippen molar-refractivity contribution in [2.45, 2.75) is 44.2 Å². The SMILES string of the molecule is NC1CCC(n2nccc2CC(=O)O)CC1. The molecule has 0 amide bonds. The van der Waals surface area contributed by atoms with Gasteiger partial charge in [-0.2, -0.15) is 5.10 Å². The van der Waals surface area contributed by atoms with Gasteiger partial charge in [0.2, 0.25) is 0 Å². The van der Waals surface area contributed by atoms with E-state index in [2.05, 4.69) is 5.10 Å². The number of hydrogen-bond acceptors (Lipinski definition) is 3. The van der Waals surface area contributed by atoms with E-state index < -0.39 is 5.97 Å². The van der Waals surface area contributed by atoms with Crippen molar-refractivity contribution in [1.82, 2.24) is 9.78 Å². The van der Waals surface area contributed by atoms with Crippen LogP contribution in [0.25, 0.3) is 0 Å². The zero-order chi connectivity index (χ0) is 11.5. The molecular weight excluding hydrogens is 206 g/mol. The Hall–Kier alpha value is -1.36. The number of nitrogens with zero attached hydrogens (tertiary/aromatic N) is 2. The third-order valence-corrected chi connectivity index (χ3v) is 3.17. The minimum Gasteiger partial charge on any atom is -0.481 e. The molecule has 0 radical (unpaired) electrons. The van der Waals surface area contributed by atoms with Gasteiger partial charge in [-0.05, 0) is 31.7 Å². The van der Waals surface area contributed by atoms with Gasteiger partial charge >= 0.3 is 5.97 Å². The molecule has 0 unspecified atom stereocenters. The van der Waals surface area contributed by atoms with Crippen LogP contribution in [0.1, 0.15) is 37.4 Å². The molecule has 1 heterocycles. The molecule has 0 bridgehead atoms. The highest BCUT2D eigenvalue weighted by molar-refractivity contribution is 5.69. The van der Waals surface area contributed by atoms with Crippen LogP contribution in [-0.4, -0.2) is 26.9 Å². The second kappa shape index (κ2) is 4.65. The van der Waals surface area contributed by atoms with Gasteiger partial charge < -0.3 is 10.8 Å². The Kier molecular flexibility index (Phi) is 3.24. The van der Waals surface area contributed by atoms with Crippen molar-refractivity contribution < 1.29 is 9.90 Å². The smallest absolute Gasteiger partial charge is 0.309 e. The highest BCUT2D eigenvalue weighted by atomic mass is 16.4. The second-order valence-corrected chi connectivity index (χ2v) is 4.41. The van der Waals surface area contributed by atoms with Gasteiger partial charge in [0.05, 0.1) is 12.5 Å². The molecule has 88 valence electrons. The Bertz CT molecular complexity index is 367. The summed E-state index contributed by atoms with van der Waals surface area (Å²) in [5.74, 6) is -0.811. The number of nitrogens with two attached hydrogens (primary N) is 1. The molecule has 3 N–H and O–H groups in total. The first-order valence-corrected chi connectivity index (χ1v) is 5.66. The lowest BCUT2D eigenvalue weighted by atomic mass is 9.92. The average molecular weight is 223 g/mol. The monoisotopic (exact) mass is 223 g/mol. The first kappa shape index (κ1) is 11.1. The van der Waals surface area contributed by atoms with E-state index in [0.717, 1.165) is 31.4 Å². The van der Waals surface area contributed by atoms with E-state index >= 15 is 0 Å². The molecule has 1 aliphatic carbocycles. The van der Waals surface area contributed by atoms with Crippen LogP contribution in [0.2, 0.25) is 0 Å². The van der Waals surface area contributed by atoms with E-state index in [4.69, 9.17) is 10.8 Å². The zero-order valence-electron chi connectivity index (χ0n) is 9.17. The fraction of sp³-hybridized carbons (Fsp3) is 0.636. The zero-order valence-corrected chi connectivity index (χ0v) is 9.17. The van der Waals surface area contributed by atoms with Crippen molar-refractivity contribution in [3.8, 4) is 0 Å². The van der Waals surface area contributed by atoms with Crippen LogP contribution < -0.4 is 5.73 Å². The number of aromatic nitrogens is 2. The van der Waals surface area contributed by atoms with Gasteiger partial charge in [-0.3, -0.25) is 9.48 Å². The van der Waals surface area contributed by atoms with E-state index in [1.807, 2.05) is 4.68 Å². The van der Waals surface area contributed by atoms with E-state index in [0.29, 0.717) is 12.1 Å². The molecule has 16 heavy (non-hydrogen) atoms. The van der Waals surface area contributed by atoms with Crippen LogP contribution in [-0.2, 0) is 11.2 Å². The number of carboxylic acid groups (broad SMARTS) is 1. The summed E-state index contributed by atoms with van der Waals surface area (Å²) in [6, 6.07) is 2.40. The Morgan fingerprint density at radius 2 is 2.19 bits per heavy atom. The summed E-state index contributed by atoms with van der Waals surface area (Å²) in [4.78, 5) is 10.7. The molecule has 5 nitrogen and oxygen atoms in total. The highest BCUT2D eigenvalue weighted by Crippen LogP contribution is 2.28. The fourth-order valence-electron chi connectivity index (χ4n) is 2.31. The van der Waals surface area contributed by atoms with Crippen molar-refractivity contribution in [2.75, 3.05) is 0 Å². The summed E-state index contributed by atoms with van der Waals surface area (Å²) < 4.78 is 1.86. The first-order chi connectivity index (χ1) is 7.66. The van der Waals surface area contributed by atoms with Crippen molar-refractivity contribution in [2.24, 2.45) is 5.73 Å². The molecule has 1 fully saturated rings. The lowest BCUT2D eigenvalue weighted by Crippen LogP contribution is -2.29. The first-order valence-electron chi connectivity index (χ1n) is 5.66. The standard InChI is InChI=1S/C11H17N3O2/c12-8-1-3-9(4-2-8)14-10(5-6-13-14)7-11(15)16/h5-6,8-9H,1-4,7,12H2,(H,15,16). The number of rotatable bonds is 3. The van der Waals surface area contributed by atoms with Crippen LogP contribution in [0, 0.1) is 0 Å². The lowest BCUT2D eigenvalue weighted by Gasteiger charge is -2.27. The van der Waals surface area contributed by atoms with Gasteiger partial charge in [0, 0.05) is 17.9 Å². The van der Waals surface area contributed by atoms with Gasteiger partial charge in [0.25, 0.3) is 0 Å². The summed E-state index contributed by atoms with van der Waals surface area (Å²) in [5.41, 5.74) is 6.63. The fourth-order valence-corrected chi connectivity index (χ4v) is 2.31. The molecule has 1 aromatic rings. The third-order valence-electron chi connectivity index (χ3n) is 3.17. The normalized spacial score (nSPS) is 25.6. The number of carbonyl (C=O) groups is 1. The van der Waals surface area contributed by atoms with Gasteiger partial charge in [0.1, 0.15) is 0 Å². The van der Waals surface area contributed by atoms with E-state index in [1.165, 1.54) is 0 Å². The summed E-state index contributed by atoms with van der Waals surface area (Å²) in [6.07, 6.45) is 5.70. The Balaban J connectivity index is 2.08. The maximum atomic E-state index is 10.7. The van der Waals surface area contributed by atoms with Crippen LogP contribution in [0.4, 0.5) is 0 Å². The third kappa shape index (κ3) is 2.41. The number of carboxylic acids is 1. The Labute approximate surface area is 94.2 Å². The molecule has 2 rings (SSSR count). The van der Waals surface area contributed by atoms with Gasteiger partial charge in [0.15, 0.2) is 0 Å². The quantitative estimate of drug-likeness (QED) is 0.799. The average Bonchev–Trinajstić information content (AvgIpc) is 2.66. The van der Waals surface area contributed by atoms with Gasteiger partial charge in [-0.15, -0.1) is 0 Å². The van der Waals surface area contributed by atoms with Gasteiger partial charge in [-0.1, -0.05) is 0 Å². The van der Waals surface area contributed by atoms with E-state index in [1.54, 1.807) is 12.3 Å². The van der Waals surface area contributed by atoms with Crippen molar-refractivity contribution in [1.29, 1.82) is 0 Å². The molecule has 0 atom stereocenters. The molecule has 1 saturated carbocycles. The molecule has 0 aromatic carbocycles. The van der Waals surface area contributed by atoms with E-state index in [9.17, 15) is 4.79 Å². The maximum absolute atomic E-state index is 10.7. The molecule has 1 aliphatic rings. The maximum Gasteiger partial charge on any atom is 0.309 e. The highest BCUT2D eigenvalue weighted by Gasteiger charge is 2.22. The molecule has 0 spiro atoms. The van der Waals surface area contributed by atoms with E-state index in [-0.39, 0.29) is 6.42 Å². The summed E-state index contributed by atoms with van der Waals surface area (Å²) in [5, 5.41) is 13.0. The molecule has 1 aromatic heterocycles. The summed E-state index contributed by atoms with van der Waals surface area (Å²) in [6.45, 7) is 0. The molecule has 0 aliphatic heterocycles. The Morgan fingerprint density at radius 1 is 1.50 bits per heavy atom. The van der Waals surface area contributed by atoms with Crippen LogP contribution >= 0.6 is 0 Å². The molecular formula is C11H17N3O2. The lowest BCUT2D eigenvalue weighted by molar-refractivity contribution is -0.136. The van der Waals surface area contributed by atoms with Crippen molar-refractivity contribution in [3.05, 3.63) is 18.0 Å². The minimum absolute atomic E-state index is 0.0442. The Morgan fingerprint density at radius 3 is 2.81 bits per heavy atom. The van der Waals surface area contributed by atoms with Crippen molar-refractivity contribution in [3.63, 3.8) is 0 Å². The van der Waals surface area contributed by atoms with Crippen LogP contribution in [0.3, 0.4) is 0 Å². The number of hydrogen-bond donors (Lipinski definition) is 2. The minimum atomic E-state index is -0.811. The van der Waals surface area contributed by atoms with Crippen molar-refractivity contribution >= 4 is 5.97 Å². The second-order valence-electron chi connectivity index (χ2n) is 4.41. The van der Waals surface area contributed by atoms with Gasteiger partial charge in [-0.25, -0.2) is 0 Å². The summed E-state index contributed by atoms with van der Waals surface area (Å²) >= 11 is 0. The largest absolute Gasteiger partial charge is 0.481 e. The predicted octanol–water partition coefficient (Wildman–Crippen LogP) is 0.953. The molecule has 5 heteroatoms. The summed E-state index contributed by atoms with van der Waals surface area (Å²) in [7, 11) is 0.